The van der Waals surface area contributed by atoms with E-state index in [1.165, 1.54) is 0 Å². The van der Waals surface area contributed by atoms with Gasteiger partial charge in [0, 0.05) is 32.1 Å². The first-order chi connectivity index (χ1) is 8.13. The van der Waals surface area contributed by atoms with Crippen molar-refractivity contribution in [1.29, 1.82) is 0 Å². The molecule has 1 aromatic heterocycles. The van der Waals surface area contributed by atoms with Crippen molar-refractivity contribution in [2.75, 3.05) is 19.6 Å². The quantitative estimate of drug-likeness (QED) is 0.848. The van der Waals surface area contributed by atoms with E-state index in [9.17, 15) is 4.79 Å². The average molecular weight is 236 g/mol. The SMILES string of the molecule is CCc1oc(C(=O)N2CCNC[C@@H]2C)cc1C. The van der Waals surface area contributed by atoms with Crippen LogP contribution in [-0.4, -0.2) is 36.5 Å². The Kier molecular flexibility index (Phi) is 3.52. The highest BCUT2D eigenvalue weighted by Gasteiger charge is 2.26. The van der Waals surface area contributed by atoms with E-state index in [0.717, 1.165) is 37.4 Å². The van der Waals surface area contributed by atoms with Gasteiger partial charge >= 0.3 is 0 Å². The van der Waals surface area contributed by atoms with Crippen LogP contribution in [-0.2, 0) is 6.42 Å². The molecule has 1 aromatic rings. The summed E-state index contributed by atoms with van der Waals surface area (Å²) in [6, 6.07) is 2.09. The zero-order chi connectivity index (χ0) is 12.4. The number of carbonyl (C=O) groups excluding carboxylic acids is 1. The van der Waals surface area contributed by atoms with Gasteiger partial charge in [0.1, 0.15) is 5.76 Å². The van der Waals surface area contributed by atoms with Crippen LogP contribution in [0.1, 0.15) is 35.7 Å². The Morgan fingerprint density at radius 2 is 2.41 bits per heavy atom. The zero-order valence-electron chi connectivity index (χ0n) is 10.7. The molecule has 1 aliphatic heterocycles. The molecule has 1 aliphatic rings. The van der Waals surface area contributed by atoms with E-state index in [4.69, 9.17) is 4.42 Å². The van der Waals surface area contributed by atoms with Gasteiger partial charge in [-0.25, -0.2) is 0 Å². The van der Waals surface area contributed by atoms with Crippen molar-refractivity contribution in [2.24, 2.45) is 0 Å². The molecule has 4 heteroatoms. The molecule has 0 bridgehead atoms. The number of hydrogen-bond acceptors (Lipinski definition) is 3. The second kappa shape index (κ2) is 4.92. The van der Waals surface area contributed by atoms with E-state index in [-0.39, 0.29) is 11.9 Å². The van der Waals surface area contributed by atoms with Crippen LogP contribution in [0, 0.1) is 6.92 Å². The summed E-state index contributed by atoms with van der Waals surface area (Å²) in [6.07, 6.45) is 0.830. The maximum absolute atomic E-state index is 12.3. The van der Waals surface area contributed by atoms with Crippen LogP contribution in [0.5, 0.6) is 0 Å². The first kappa shape index (κ1) is 12.2. The van der Waals surface area contributed by atoms with Crippen molar-refractivity contribution in [3.63, 3.8) is 0 Å². The Bertz CT molecular complexity index is 412. The van der Waals surface area contributed by atoms with Gasteiger partial charge in [0.25, 0.3) is 5.91 Å². The monoisotopic (exact) mass is 236 g/mol. The van der Waals surface area contributed by atoms with Crippen molar-refractivity contribution < 1.29 is 9.21 Å². The minimum Gasteiger partial charge on any atom is -0.456 e. The zero-order valence-corrected chi connectivity index (χ0v) is 10.7. The Hall–Kier alpha value is -1.29. The Morgan fingerprint density at radius 1 is 1.65 bits per heavy atom. The number of aryl methyl sites for hydroxylation is 2. The van der Waals surface area contributed by atoms with E-state index in [1.807, 2.05) is 24.8 Å². The van der Waals surface area contributed by atoms with Crippen molar-refractivity contribution in [3.8, 4) is 0 Å². The van der Waals surface area contributed by atoms with Gasteiger partial charge in [0.05, 0.1) is 0 Å². The molecule has 17 heavy (non-hydrogen) atoms. The van der Waals surface area contributed by atoms with Crippen LogP contribution in [0.4, 0.5) is 0 Å². The number of amides is 1. The van der Waals surface area contributed by atoms with Gasteiger partial charge in [-0.2, -0.15) is 0 Å². The van der Waals surface area contributed by atoms with Gasteiger partial charge in [0.15, 0.2) is 5.76 Å². The van der Waals surface area contributed by atoms with Crippen LogP contribution in [0.15, 0.2) is 10.5 Å². The smallest absolute Gasteiger partial charge is 0.289 e. The van der Waals surface area contributed by atoms with Crippen LogP contribution in [0.3, 0.4) is 0 Å². The van der Waals surface area contributed by atoms with Gasteiger partial charge < -0.3 is 14.6 Å². The predicted molar refractivity (Wildman–Crippen MR) is 66.2 cm³/mol. The number of furan rings is 1. The first-order valence-electron chi connectivity index (χ1n) is 6.24. The standard InChI is InChI=1S/C13H20N2O2/c1-4-11-9(2)7-12(17-11)13(16)15-6-5-14-8-10(15)3/h7,10,14H,4-6,8H2,1-3H3/t10-/m0/s1. The van der Waals surface area contributed by atoms with Gasteiger partial charge in [-0.1, -0.05) is 6.92 Å². The van der Waals surface area contributed by atoms with E-state index in [2.05, 4.69) is 12.2 Å². The summed E-state index contributed by atoms with van der Waals surface area (Å²) < 4.78 is 5.62. The number of piperazine rings is 1. The molecule has 0 aromatic carbocycles. The lowest BCUT2D eigenvalue weighted by Gasteiger charge is -2.33. The molecule has 1 atom stereocenters. The number of nitrogens with zero attached hydrogens (tertiary/aromatic N) is 1. The van der Waals surface area contributed by atoms with Crippen LogP contribution in [0.25, 0.3) is 0 Å². The number of nitrogens with one attached hydrogen (secondary N) is 1. The third kappa shape index (κ3) is 2.36. The molecular formula is C13H20N2O2. The van der Waals surface area contributed by atoms with Crippen molar-refractivity contribution in [2.45, 2.75) is 33.2 Å². The molecule has 1 fully saturated rings. The largest absolute Gasteiger partial charge is 0.456 e. The molecule has 0 radical (unpaired) electrons. The lowest BCUT2D eigenvalue weighted by Crippen LogP contribution is -2.52. The molecule has 1 N–H and O–H groups in total. The third-order valence-electron chi connectivity index (χ3n) is 3.31. The molecule has 1 saturated heterocycles. The fourth-order valence-electron chi connectivity index (χ4n) is 2.26. The molecule has 0 aliphatic carbocycles. The summed E-state index contributed by atoms with van der Waals surface area (Å²) in [7, 11) is 0. The lowest BCUT2D eigenvalue weighted by molar-refractivity contribution is 0.0621. The lowest BCUT2D eigenvalue weighted by atomic mass is 10.2. The molecular weight excluding hydrogens is 216 g/mol. The second-order valence-corrected chi connectivity index (χ2v) is 4.62. The Balaban J connectivity index is 2.17. The van der Waals surface area contributed by atoms with Gasteiger partial charge in [0.2, 0.25) is 0 Å². The summed E-state index contributed by atoms with van der Waals surface area (Å²) in [5.41, 5.74) is 1.07. The normalized spacial score (nSPS) is 20.6. The summed E-state index contributed by atoms with van der Waals surface area (Å²) in [5, 5.41) is 3.27. The molecule has 1 amide bonds. The van der Waals surface area contributed by atoms with Gasteiger partial charge in [-0.3, -0.25) is 4.79 Å². The number of rotatable bonds is 2. The highest BCUT2D eigenvalue weighted by atomic mass is 16.4. The van der Waals surface area contributed by atoms with E-state index in [0.29, 0.717) is 5.76 Å². The second-order valence-electron chi connectivity index (χ2n) is 4.62. The van der Waals surface area contributed by atoms with Crippen molar-refractivity contribution >= 4 is 5.91 Å². The molecule has 2 rings (SSSR count). The maximum atomic E-state index is 12.3. The minimum absolute atomic E-state index is 0.0156. The maximum Gasteiger partial charge on any atom is 0.289 e. The highest BCUT2D eigenvalue weighted by Crippen LogP contribution is 2.18. The van der Waals surface area contributed by atoms with Crippen LogP contribution in [0.2, 0.25) is 0 Å². The minimum atomic E-state index is 0.0156. The molecule has 4 nitrogen and oxygen atoms in total. The highest BCUT2D eigenvalue weighted by molar-refractivity contribution is 5.92. The summed E-state index contributed by atoms with van der Waals surface area (Å²) in [6.45, 7) is 8.54. The summed E-state index contributed by atoms with van der Waals surface area (Å²) in [5.74, 6) is 1.41. The van der Waals surface area contributed by atoms with Crippen LogP contribution >= 0.6 is 0 Å². The molecule has 0 unspecified atom stereocenters. The van der Waals surface area contributed by atoms with E-state index < -0.39 is 0 Å². The fourth-order valence-corrected chi connectivity index (χ4v) is 2.26. The molecule has 94 valence electrons. The first-order valence-corrected chi connectivity index (χ1v) is 6.24. The molecule has 0 saturated carbocycles. The Labute approximate surface area is 102 Å². The topological polar surface area (TPSA) is 45.5 Å². The number of hydrogen-bond donors (Lipinski definition) is 1. The van der Waals surface area contributed by atoms with Crippen LogP contribution < -0.4 is 5.32 Å². The van der Waals surface area contributed by atoms with Gasteiger partial charge in [-0.15, -0.1) is 0 Å². The fraction of sp³-hybridized carbons (Fsp3) is 0.615. The Morgan fingerprint density at radius 3 is 3.00 bits per heavy atom. The summed E-state index contributed by atoms with van der Waals surface area (Å²) >= 11 is 0. The van der Waals surface area contributed by atoms with E-state index >= 15 is 0 Å². The molecule has 2 heterocycles. The molecule has 0 spiro atoms. The van der Waals surface area contributed by atoms with Gasteiger partial charge in [-0.05, 0) is 25.5 Å². The average Bonchev–Trinajstić information content (AvgIpc) is 2.70. The van der Waals surface area contributed by atoms with Crippen molar-refractivity contribution in [3.05, 3.63) is 23.2 Å². The van der Waals surface area contributed by atoms with E-state index in [1.54, 1.807) is 0 Å². The predicted octanol–water partition coefficient (Wildman–Crippen LogP) is 1.58. The summed E-state index contributed by atoms with van der Waals surface area (Å²) in [4.78, 5) is 14.2. The van der Waals surface area contributed by atoms with Crippen molar-refractivity contribution in [1.82, 2.24) is 10.2 Å². The third-order valence-corrected chi connectivity index (χ3v) is 3.31. The number of carbonyl (C=O) groups is 1.